The average Bonchev–Trinajstić information content (AvgIpc) is 2.54. The summed E-state index contributed by atoms with van der Waals surface area (Å²) in [5.41, 5.74) is 5.04. The van der Waals surface area contributed by atoms with E-state index in [1.807, 2.05) is 0 Å². The number of benzene rings is 2. The molecule has 0 atom stereocenters. The molecule has 0 aliphatic rings. The van der Waals surface area contributed by atoms with Crippen LogP contribution in [-0.4, -0.2) is 37.3 Å². The van der Waals surface area contributed by atoms with Crippen LogP contribution in [0.25, 0.3) is 0 Å². The van der Waals surface area contributed by atoms with Gasteiger partial charge in [-0.2, -0.15) is 0 Å². The van der Waals surface area contributed by atoms with Crippen LogP contribution in [0.5, 0.6) is 11.5 Å². The van der Waals surface area contributed by atoms with Crippen LogP contribution in [0.1, 0.15) is 6.92 Å². The maximum absolute atomic E-state index is 12.4. The molecule has 25 heavy (non-hydrogen) atoms. The van der Waals surface area contributed by atoms with Gasteiger partial charge in [-0.15, -0.1) is 4.31 Å². The highest BCUT2D eigenvalue weighted by atomic mass is 32.2. The van der Waals surface area contributed by atoms with Crippen molar-refractivity contribution in [3.05, 3.63) is 60.7 Å². The largest absolute Gasteiger partial charge is 0.439 e. The zero-order chi connectivity index (χ0) is 18.5. The van der Waals surface area contributed by atoms with Crippen molar-refractivity contribution < 1.29 is 22.7 Å². The minimum Gasteiger partial charge on any atom is -0.439 e. The van der Waals surface area contributed by atoms with E-state index in [9.17, 15) is 13.2 Å². The number of hydrogen-bond acceptors (Lipinski definition) is 5. The zero-order valence-corrected chi connectivity index (χ0v) is 14.8. The molecule has 0 saturated carbocycles. The van der Waals surface area contributed by atoms with Crippen molar-refractivity contribution in [2.45, 2.75) is 12.8 Å². The molecule has 0 unspecified atom stereocenters. The van der Waals surface area contributed by atoms with Crippen LogP contribution < -0.4 is 15.2 Å². The first-order valence-electron chi connectivity index (χ1n) is 7.46. The van der Waals surface area contributed by atoms with Gasteiger partial charge in [0.2, 0.25) is 15.9 Å². The van der Waals surface area contributed by atoms with Crippen molar-refractivity contribution in [3.63, 3.8) is 0 Å². The van der Waals surface area contributed by atoms with Crippen molar-refractivity contribution in [2.24, 2.45) is 5.73 Å². The summed E-state index contributed by atoms with van der Waals surface area (Å²) in [6, 6.07) is 17.3. The number of nitrogens with zero attached hydrogens (tertiary/aromatic N) is 1. The molecule has 0 radical (unpaired) electrons. The summed E-state index contributed by atoms with van der Waals surface area (Å²) < 4.78 is 37.3. The predicted molar refractivity (Wildman–Crippen MR) is 93.3 cm³/mol. The summed E-state index contributed by atoms with van der Waals surface area (Å²) in [5.74, 6) is -2.73. The molecule has 2 N–H and O–H groups in total. The number of carbonyl (C=O) groups is 1. The fourth-order valence-corrected chi connectivity index (χ4v) is 3.23. The van der Waals surface area contributed by atoms with E-state index in [1.54, 1.807) is 60.7 Å². The van der Waals surface area contributed by atoms with Crippen molar-refractivity contribution >= 4 is 15.9 Å². The summed E-state index contributed by atoms with van der Waals surface area (Å²) in [5, 5.41) is 0. The Morgan fingerprint density at radius 3 is 1.76 bits per heavy atom. The molecule has 2 aromatic carbocycles. The lowest BCUT2D eigenvalue weighted by Gasteiger charge is -2.37. The van der Waals surface area contributed by atoms with E-state index in [-0.39, 0.29) is 0 Å². The van der Waals surface area contributed by atoms with Gasteiger partial charge in [-0.3, -0.25) is 4.79 Å². The number of primary amides is 1. The van der Waals surface area contributed by atoms with Gasteiger partial charge in [0.05, 0.1) is 0 Å². The quantitative estimate of drug-likeness (QED) is 0.717. The molecular weight excluding hydrogens is 344 g/mol. The highest BCUT2D eigenvalue weighted by Crippen LogP contribution is 2.27. The maximum atomic E-state index is 12.4. The summed E-state index contributed by atoms with van der Waals surface area (Å²) in [6.45, 7) is 1.45. The van der Waals surface area contributed by atoms with Crippen LogP contribution in [-0.2, 0) is 14.8 Å². The third kappa shape index (κ3) is 4.94. The smallest absolute Gasteiger partial charge is 0.325 e. The van der Waals surface area contributed by atoms with Crippen molar-refractivity contribution in [3.8, 4) is 11.5 Å². The lowest BCUT2D eigenvalue weighted by atomic mass is 10.3. The zero-order valence-electron chi connectivity index (χ0n) is 14.0. The van der Waals surface area contributed by atoms with E-state index < -0.39 is 27.6 Å². The number of nitrogens with two attached hydrogens (primary N) is 1. The van der Waals surface area contributed by atoms with Crippen molar-refractivity contribution in [1.82, 2.24) is 4.31 Å². The van der Waals surface area contributed by atoms with Gasteiger partial charge < -0.3 is 15.2 Å². The lowest BCUT2D eigenvalue weighted by molar-refractivity contribution is -0.168. The Hall–Kier alpha value is -2.58. The second-order valence-corrected chi connectivity index (χ2v) is 7.42. The molecule has 2 rings (SSSR count). The summed E-state index contributed by atoms with van der Waals surface area (Å²) in [6.07, 6.45) is 0. The van der Waals surface area contributed by atoms with Crippen LogP contribution in [0.2, 0.25) is 0 Å². The van der Waals surface area contributed by atoms with Gasteiger partial charge in [-0.25, -0.2) is 8.42 Å². The Kier molecular flexibility index (Phi) is 5.66. The molecule has 0 aromatic heterocycles. The van der Waals surface area contributed by atoms with Gasteiger partial charge in [0.25, 0.3) is 0 Å². The Balaban J connectivity index is 2.38. The van der Waals surface area contributed by atoms with Gasteiger partial charge in [-0.05, 0) is 24.3 Å². The van der Waals surface area contributed by atoms with E-state index in [0.717, 1.165) is 4.31 Å². The molecule has 0 aliphatic heterocycles. The molecule has 0 spiro atoms. The third-order valence-electron chi connectivity index (χ3n) is 3.41. The standard InChI is InChI=1S/C17H20N2O5S/c1-17(23-14-9-5-3-6-10-14,24-15-11-7-4-8-12-15)19(2)25(21,22)13-16(18)20/h3-12H,13H2,1-2H3,(H2,18,20). The number of rotatable bonds is 8. The second kappa shape index (κ2) is 7.54. The van der Waals surface area contributed by atoms with Crippen LogP contribution in [0.15, 0.2) is 60.7 Å². The van der Waals surface area contributed by atoms with E-state index in [1.165, 1.54) is 14.0 Å². The fourth-order valence-electron chi connectivity index (χ4n) is 2.09. The van der Waals surface area contributed by atoms with Crippen molar-refractivity contribution in [1.29, 1.82) is 0 Å². The molecule has 0 aliphatic carbocycles. The number of sulfonamides is 1. The molecular formula is C17H20N2O5S. The number of amides is 1. The minimum absolute atomic E-state index is 0.405. The first-order valence-corrected chi connectivity index (χ1v) is 9.07. The molecule has 134 valence electrons. The molecule has 2 aromatic rings. The van der Waals surface area contributed by atoms with Gasteiger partial charge in [-0.1, -0.05) is 36.4 Å². The van der Waals surface area contributed by atoms with Crippen LogP contribution in [0.4, 0.5) is 0 Å². The van der Waals surface area contributed by atoms with Gasteiger partial charge in [0.1, 0.15) is 17.3 Å². The monoisotopic (exact) mass is 364 g/mol. The topological polar surface area (TPSA) is 98.9 Å². The predicted octanol–water partition coefficient (Wildman–Crippen LogP) is 1.56. The van der Waals surface area contributed by atoms with Gasteiger partial charge in [0, 0.05) is 14.0 Å². The number of ether oxygens (including phenoxy) is 2. The van der Waals surface area contributed by atoms with Crippen LogP contribution in [0.3, 0.4) is 0 Å². The van der Waals surface area contributed by atoms with Gasteiger partial charge >= 0.3 is 5.91 Å². The highest BCUT2D eigenvalue weighted by Gasteiger charge is 2.42. The Labute approximate surface area is 147 Å². The van der Waals surface area contributed by atoms with Crippen LogP contribution >= 0.6 is 0 Å². The van der Waals surface area contributed by atoms with E-state index >= 15 is 0 Å². The van der Waals surface area contributed by atoms with Gasteiger partial charge in [0.15, 0.2) is 0 Å². The molecule has 0 heterocycles. The summed E-state index contributed by atoms with van der Waals surface area (Å²) in [7, 11) is -2.78. The molecule has 7 nitrogen and oxygen atoms in total. The Morgan fingerprint density at radius 1 is 1.00 bits per heavy atom. The third-order valence-corrected chi connectivity index (χ3v) is 5.23. The number of hydrogen-bond donors (Lipinski definition) is 1. The molecule has 0 bridgehead atoms. The molecule has 8 heteroatoms. The van der Waals surface area contributed by atoms with E-state index in [0.29, 0.717) is 11.5 Å². The van der Waals surface area contributed by atoms with E-state index in [2.05, 4.69) is 0 Å². The first-order chi connectivity index (χ1) is 11.7. The Morgan fingerprint density at radius 2 is 1.40 bits per heavy atom. The SMILES string of the molecule is CN(C(C)(Oc1ccccc1)Oc1ccccc1)S(=O)(=O)CC(N)=O. The molecule has 0 fully saturated rings. The first kappa shape index (κ1) is 18.8. The molecule has 1 amide bonds. The lowest BCUT2D eigenvalue weighted by Crippen LogP contribution is -2.57. The fraction of sp³-hybridized carbons (Fsp3) is 0.235. The maximum Gasteiger partial charge on any atom is 0.325 e. The highest BCUT2D eigenvalue weighted by molar-refractivity contribution is 7.89. The Bertz CT molecular complexity index is 768. The van der Waals surface area contributed by atoms with Crippen LogP contribution in [0, 0.1) is 0 Å². The summed E-state index contributed by atoms with van der Waals surface area (Å²) >= 11 is 0. The van der Waals surface area contributed by atoms with Crippen molar-refractivity contribution in [2.75, 3.05) is 12.8 Å². The van der Waals surface area contributed by atoms with E-state index in [4.69, 9.17) is 15.2 Å². The molecule has 0 saturated heterocycles. The second-order valence-electron chi connectivity index (χ2n) is 5.42. The number of para-hydroxylation sites is 2. The average molecular weight is 364 g/mol. The normalized spacial score (nSPS) is 12.0. The minimum atomic E-state index is -4.05. The number of carbonyl (C=O) groups excluding carboxylic acids is 1. The summed E-state index contributed by atoms with van der Waals surface area (Å²) in [4.78, 5) is 11.1.